The van der Waals surface area contributed by atoms with E-state index in [2.05, 4.69) is 19.6 Å². The lowest BCUT2D eigenvalue weighted by molar-refractivity contribution is -0.0731. The molecule has 0 saturated heterocycles. The fourth-order valence-corrected chi connectivity index (χ4v) is 3.54. The molecule has 0 heterocycles. The summed E-state index contributed by atoms with van der Waals surface area (Å²) < 4.78 is 0. The van der Waals surface area contributed by atoms with Gasteiger partial charge in [0.15, 0.2) is 0 Å². The fourth-order valence-electron chi connectivity index (χ4n) is 3.54. The zero-order valence-corrected chi connectivity index (χ0v) is 11.3. The Balaban J connectivity index is 2.28. The van der Waals surface area contributed by atoms with Crippen molar-refractivity contribution in [3.63, 3.8) is 0 Å². The van der Waals surface area contributed by atoms with E-state index in [0.717, 1.165) is 18.4 Å². The number of hydrogen-bond acceptors (Lipinski definition) is 3. The van der Waals surface area contributed by atoms with E-state index in [9.17, 15) is 15.3 Å². The van der Waals surface area contributed by atoms with Gasteiger partial charge in [-0.15, -0.1) is 0 Å². The largest absolute Gasteiger partial charge is 0.392 e. The molecule has 0 bridgehead atoms. The third-order valence-corrected chi connectivity index (χ3v) is 5.17. The second-order valence-electron chi connectivity index (χ2n) is 6.15. The van der Waals surface area contributed by atoms with Crippen LogP contribution in [0.15, 0.2) is 23.8 Å². The van der Waals surface area contributed by atoms with Crippen LogP contribution >= 0.6 is 0 Å². The number of rotatable bonds is 2. The standard InChI is InChI=1S/C15H24O3/c1-9(8-16)11-4-5-12-6-13(17)14(18)10(2)15(12,3)7-11/h5,10-11,13-14,16-18H,1,4,6-8H2,2-3H3/t10-,11-,13-,14-,15+/m1/s1. The van der Waals surface area contributed by atoms with Gasteiger partial charge in [0.1, 0.15) is 0 Å². The minimum atomic E-state index is -0.659. The second kappa shape index (κ2) is 4.80. The van der Waals surface area contributed by atoms with Crippen LogP contribution in [0, 0.1) is 17.3 Å². The molecule has 0 spiro atoms. The SMILES string of the molecule is C=C(CO)[C@@H]1CC=C2C[C@@H](O)[C@H](O)[C@@H](C)[C@]2(C)C1. The topological polar surface area (TPSA) is 60.7 Å². The predicted molar refractivity (Wildman–Crippen MR) is 70.9 cm³/mol. The fraction of sp³-hybridized carbons (Fsp3) is 0.733. The lowest BCUT2D eigenvalue weighted by atomic mass is 9.56. The van der Waals surface area contributed by atoms with Crippen LogP contribution in [0.2, 0.25) is 0 Å². The summed E-state index contributed by atoms with van der Waals surface area (Å²) in [4.78, 5) is 0. The maximum absolute atomic E-state index is 10.1. The van der Waals surface area contributed by atoms with Crippen molar-refractivity contribution < 1.29 is 15.3 Å². The summed E-state index contributed by atoms with van der Waals surface area (Å²) in [6.45, 7) is 8.13. The second-order valence-corrected chi connectivity index (χ2v) is 6.15. The molecule has 0 aromatic rings. The monoisotopic (exact) mass is 252 g/mol. The van der Waals surface area contributed by atoms with E-state index >= 15 is 0 Å². The average molecular weight is 252 g/mol. The van der Waals surface area contributed by atoms with Crippen LogP contribution in [0.1, 0.15) is 33.1 Å². The van der Waals surface area contributed by atoms with Gasteiger partial charge < -0.3 is 15.3 Å². The zero-order chi connectivity index (χ0) is 13.5. The van der Waals surface area contributed by atoms with Crippen molar-refractivity contribution in [3.8, 4) is 0 Å². The first kappa shape index (κ1) is 13.8. The molecule has 0 aromatic heterocycles. The smallest absolute Gasteiger partial charge is 0.0839 e. The van der Waals surface area contributed by atoms with Gasteiger partial charge in [-0.05, 0) is 42.1 Å². The molecule has 0 aliphatic heterocycles. The van der Waals surface area contributed by atoms with E-state index in [-0.39, 0.29) is 23.9 Å². The lowest BCUT2D eigenvalue weighted by Crippen LogP contribution is -2.49. The summed E-state index contributed by atoms with van der Waals surface area (Å²) in [5, 5.41) is 29.2. The molecule has 0 amide bonds. The van der Waals surface area contributed by atoms with Gasteiger partial charge in [0, 0.05) is 0 Å². The molecular formula is C15H24O3. The molecule has 1 saturated carbocycles. The molecule has 2 rings (SSSR count). The zero-order valence-electron chi connectivity index (χ0n) is 11.3. The van der Waals surface area contributed by atoms with E-state index in [1.54, 1.807) is 0 Å². The molecule has 1 fully saturated rings. The molecule has 3 nitrogen and oxygen atoms in total. The van der Waals surface area contributed by atoms with Crippen LogP contribution in [0.25, 0.3) is 0 Å². The Morgan fingerprint density at radius 1 is 1.50 bits per heavy atom. The predicted octanol–water partition coefficient (Wildman–Crippen LogP) is 1.64. The maximum atomic E-state index is 10.1. The van der Waals surface area contributed by atoms with Crippen molar-refractivity contribution >= 4 is 0 Å². The first-order valence-electron chi connectivity index (χ1n) is 6.74. The molecular weight excluding hydrogens is 228 g/mol. The quantitative estimate of drug-likeness (QED) is 0.655. The van der Waals surface area contributed by atoms with Gasteiger partial charge in [-0.2, -0.15) is 0 Å². The highest BCUT2D eigenvalue weighted by atomic mass is 16.3. The summed E-state index contributed by atoms with van der Waals surface area (Å²) in [5.74, 6) is 0.315. The van der Waals surface area contributed by atoms with Crippen LogP contribution < -0.4 is 0 Å². The minimum absolute atomic E-state index is 0.0294. The van der Waals surface area contributed by atoms with Crippen molar-refractivity contribution in [2.45, 2.75) is 45.3 Å². The molecule has 2 aliphatic carbocycles. The van der Waals surface area contributed by atoms with Crippen molar-refractivity contribution in [3.05, 3.63) is 23.8 Å². The minimum Gasteiger partial charge on any atom is -0.392 e. The summed E-state index contributed by atoms with van der Waals surface area (Å²) in [5.41, 5.74) is 2.05. The van der Waals surface area contributed by atoms with Crippen LogP contribution in [0.5, 0.6) is 0 Å². The highest BCUT2D eigenvalue weighted by Crippen LogP contribution is 2.52. The summed E-state index contributed by atoms with van der Waals surface area (Å²) in [7, 11) is 0. The van der Waals surface area contributed by atoms with Gasteiger partial charge in [0.25, 0.3) is 0 Å². The van der Waals surface area contributed by atoms with E-state index in [1.165, 1.54) is 5.57 Å². The number of aliphatic hydroxyl groups is 3. The molecule has 5 atom stereocenters. The summed E-state index contributed by atoms with van der Waals surface area (Å²) in [6.07, 6.45) is 3.24. The van der Waals surface area contributed by atoms with Crippen LogP contribution in [0.4, 0.5) is 0 Å². The maximum Gasteiger partial charge on any atom is 0.0839 e. The van der Waals surface area contributed by atoms with E-state index in [4.69, 9.17) is 0 Å². The number of aliphatic hydroxyl groups excluding tert-OH is 3. The average Bonchev–Trinajstić information content (AvgIpc) is 2.36. The first-order valence-corrected chi connectivity index (χ1v) is 6.74. The van der Waals surface area contributed by atoms with Crippen LogP contribution in [0.3, 0.4) is 0 Å². The Kier molecular flexibility index (Phi) is 3.67. The van der Waals surface area contributed by atoms with Gasteiger partial charge in [-0.3, -0.25) is 0 Å². The van der Waals surface area contributed by atoms with E-state index < -0.39 is 12.2 Å². The van der Waals surface area contributed by atoms with E-state index in [1.807, 2.05) is 6.92 Å². The Labute approximate surface area is 109 Å². The normalized spacial score (nSPS) is 44.2. The Morgan fingerprint density at radius 3 is 2.78 bits per heavy atom. The highest BCUT2D eigenvalue weighted by molar-refractivity contribution is 5.26. The van der Waals surface area contributed by atoms with Crippen molar-refractivity contribution in [2.75, 3.05) is 6.61 Å². The number of allylic oxidation sites excluding steroid dienone is 1. The van der Waals surface area contributed by atoms with E-state index in [0.29, 0.717) is 6.42 Å². The summed E-state index contributed by atoms with van der Waals surface area (Å²) in [6, 6.07) is 0. The van der Waals surface area contributed by atoms with Gasteiger partial charge in [-0.1, -0.05) is 32.1 Å². The highest BCUT2D eigenvalue weighted by Gasteiger charge is 2.48. The first-order chi connectivity index (χ1) is 8.40. The van der Waals surface area contributed by atoms with Crippen molar-refractivity contribution in [1.82, 2.24) is 0 Å². The molecule has 18 heavy (non-hydrogen) atoms. The summed E-state index contributed by atoms with van der Waals surface area (Å²) >= 11 is 0. The molecule has 3 heteroatoms. The van der Waals surface area contributed by atoms with Gasteiger partial charge in [-0.25, -0.2) is 0 Å². The van der Waals surface area contributed by atoms with Gasteiger partial charge in [0.2, 0.25) is 0 Å². The molecule has 102 valence electrons. The molecule has 0 aromatic carbocycles. The molecule has 0 radical (unpaired) electrons. The molecule has 0 unspecified atom stereocenters. The Bertz CT molecular complexity index is 374. The van der Waals surface area contributed by atoms with Gasteiger partial charge >= 0.3 is 0 Å². The van der Waals surface area contributed by atoms with Crippen molar-refractivity contribution in [1.29, 1.82) is 0 Å². The van der Waals surface area contributed by atoms with Gasteiger partial charge in [0.05, 0.1) is 18.8 Å². The Hall–Kier alpha value is -0.640. The third kappa shape index (κ3) is 2.04. The van der Waals surface area contributed by atoms with Crippen molar-refractivity contribution in [2.24, 2.45) is 17.3 Å². The number of hydrogen-bond donors (Lipinski definition) is 3. The molecule has 3 N–H and O–H groups in total. The Morgan fingerprint density at radius 2 is 2.17 bits per heavy atom. The van der Waals surface area contributed by atoms with Crippen LogP contribution in [-0.4, -0.2) is 34.1 Å². The van der Waals surface area contributed by atoms with Crippen LogP contribution in [-0.2, 0) is 0 Å². The lowest BCUT2D eigenvalue weighted by Gasteiger charge is -2.50. The molecule has 2 aliphatic rings. The third-order valence-electron chi connectivity index (χ3n) is 5.17. The number of fused-ring (bicyclic) bond motifs is 1.